The standard InChI is InChI=1S/C13H12ClN3O2S2/c1-8-7-16-13(20-8)9(2)17-21(18,19)12-5-10(6-15)3-4-11(12)14/h3-5,7,9,17H,1-2H3. The van der Waals surface area contributed by atoms with Gasteiger partial charge in [-0.25, -0.2) is 18.1 Å². The second-order valence-corrected chi connectivity index (χ2v) is 7.77. The summed E-state index contributed by atoms with van der Waals surface area (Å²) in [7, 11) is -3.83. The Morgan fingerprint density at radius 2 is 2.19 bits per heavy atom. The highest BCUT2D eigenvalue weighted by molar-refractivity contribution is 7.89. The van der Waals surface area contributed by atoms with Crippen LogP contribution in [0.25, 0.3) is 0 Å². The summed E-state index contributed by atoms with van der Waals surface area (Å²) in [4.78, 5) is 5.05. The van der Waals surface area contributed by atoms with E-state index in [0.29, 0.717) is 5.01 Å². The maximum atomic E-state index is 12.4. The number of aryl methyl sites for hydroxylation is 1. The quantitative estimate of drug-likeness (QED) is 0.926. The van der Waals surface area contributed by atoms with E-state index in [9.17, 15) is 8.42 Å². The van der Waals surface area contributed by atoms with Crippen LogP contribution in [0.15, 0.2) is 29.3 Å². The van der Waals surface area contributed by atoms with Crippen LogP contribution in [-0.2, 0) is 10.0 Å². The van der Waals surface area contributed by atoms with Gasteiger partial charge >= 0.3 is 0 Å². The van der Waals surface area contributed by atoms with Crippen LogP contribution in [-0.4, -0.2) is 13.4 Å². The Labute approximate surface area is 132 Å². The second-order valence-electron chi connectivity index (χ2n) is 4.41. The first kappa shape index (κ1) is 15.9. The summed E-state index contributed by atoms with van der Waals surface area (Å²) < 4.78 is 27.3. The van der Waals surface area contributed by atoms with E-state index >= 15 is 0 Å². The minimum Gasteiger partial charge on any atom is -0.248 e. The molecular weight excluding hydrogens is 330 g/mol. The number of benzene rings is 1. The number of nitrogens with one attached hydrogen (secondary N) is 1. The van der Waals surface area contributed by atoms with Crippen molar-refractivity contribution in [2.75, 3.05) is 0 Å². The van der Waals surface area contributed by atoms with Crippen LogP contribution in [0.4, 0.5) is 0 Å². The highest BCUT2D eigenvalue weighted by Gasteiger charge is 2.23. The molecule has 0 aliphatic heterocycles. The molecule has 0 aliphatic rings. The SMILES string of the molecule is Cc1cnc(C(C)NS(=O)(=O)c2cc(C#N)ccc2Cl)s1. The Kier molecular flexibility index (Phi) is 4.64. The minimum absolute atomic E-state index is 0.0732. The molecule has 110 valence electrons. The third-order valence-corrected chi connectivity index (χ3v) is 5.81. The third-order valence-electron chi connectivity index (χ3n) is 2.69. The van der Waals surface area contributed by atoms with Gasteiger partial charge in [0.05, 0.1) is 22.7 Å². The molecule has 1 atom stereocenters. The lowest BCUT2D eigenvalue weighted by molar-refractivity contribution is 0.566. The lowest BCUT2D eigenvalue weighted by Gasteiger charge is -2.13. The van der Waals surface area contributed by atoms with Gasteiger partial charge in [-0.2, -0.15) is 5.26 Å². The molecule has 2 rings (SSSR count). The van der Waals surface area contributed by atoms with E-state index in [1.807, 2.05) is 13.0 Å². The monoisotopic (exact) mass is 341 g/mol. The number of aromatic nitrogens is 1. The summed E-state index contributed by atoms with van der Waals surface area (Å²) in [6, 6.07) is 5.53. The summed E-state index contributed by atoms with van der Waals surface area (Å²) in [6.45, 7) is 3.60. The van der Waals surface area contributed by atoms with Crippen LogP contribution in [0.3, 0.4) is 0 Å². The molecule has 1 aromatic carbocycles. The van der Waals surface area contributed by atoms with Crippen molar-refractivity contribution < 1.29 is 8.42 Å². The molecule has 0 amide bonds. The van der Waals surface area contributed by atoms with Crippen molar-refractivity contribution >= 4 is 33.0 Å². The Morgan fingerprint density at radius 3 is 2.76 bits per heavy atom. The molecule has 2 aromatic rings. The summed E-state index contributed by atoms with van der Waals surface area (Å²) in [6.07, 6.45) is 1.69. The lowest BCUT2D eigenvalue weighted by Crippen LogP contribution is -2.27. The molecule has 0 saturated heterocycles. The Hall–Kier alpha value is -1.46. The topological polar surface area (TPSA) is 82.8 Å². The second kappa shape index (κ2) is 6.12. The number of nitriles is 1. The van der Waals surface area contributed by atoms with Gasteiger partial charge in [0.25, 0.3) is 0 Å². The van der Waals surface area contributed by atoms with Crippen molar-refractivity contribution in [3.05, 3.63) is 44.9 Å². The number of sulfonamides is 1. The molecule has 5 nitrogen and oxygen atoms in total. The number of halogens is 1. The Morgan fingerprint density at radius 1 is 1.48 bits per heavy atom. The smallest absolute Gasteiger partial charge is 0.242 e. The van der Waals surface area contributed by atoms with Gasteiger partial charge < -0.3 is 0 Å². The van der Waals surface area contributed by atoms with Crippen LogP contribution in [0.1, 0.15) is 28.4 Å². The van der Waals surface area contributed by atoms with E-state index in [1.54, 1.807) is 13.1 Å². The Bertz CT molecular complexity index is 809. The fourth-order valence-electron chi connectivity index (χ4n) is 1.70. The maximum Gasteiger partial charge on any atom is 0.242 e. The predicted octanol–water partition coefficient (Wildman–Crippen LogP) is 3.02. The minimum atomic E-state index is -3.83. The number of rotatable bonds is 4. The summed E-state index contributed by atoms with van der Waals surface area (Å²) in [5, 5.41) is 9.61. The van der Waals surface area contributed by atoms with Crippen molar-refractivity contribution in [2.45, 2.75) is 24.8 Å². The first-order valence-corrected chi connectivity index (χ1v) is 8.65. The molecule has 8 heteroatoms. The van der Waals surface area contributed by atoms with E-state index in [1.165, 1.54) is 29.5 Å². The predicted molar refractivity (Wildman–Crippen MR) is 81.8 cm³/mol. The van der Waals surface area contributed by atoms with E-state index < -0.39 is 16.1 Å². The van der Waals surface area contributed by atoms with E-state index in [0.717, 1.165) is 4.88 Å². The normalized spacial score (nSPS) is 12.9. The van der Waals surface area contributed by atoms with Crippen LogP contribution >= 0.6 is 22.9 Å². The zero-order valence-electron chi connectivity index (χ0n) is 11.3. The molecular formula is C13H12ClN3O2S2. The van der Waals surface area contributed by atoms with Gasteiger partial charge in [-0.1, -0.05) is 11.6 Å². The molecule has 1 N–H and O–H groups in total. The molecule has 1 heterocycles. The fraction of sp³-hybridized carbons (Fsp3) is 0.231. The molecule has 0 aliphatic carbocycles. The van der Waals surface area contributed by atoms with Crippen molar-refractivity contribution in [3.8, 4) is 6.07 Å². The molecule has 0 spiro atoms. The molecule has 1 unspecified atom stereocenters. The number of hydrogen-bond donors (Lipinski definition) is 1. The summed E-state index contributed by atoms with van der Waals surface area (Å²) in [5.41, 5.74) is 0.234. The first-order chi connectivity index (χ1) is 9.83. The Balaban J connectivity index is 2.33. The van der Waals surface area contributed by atoms with Crippen LogP contribution in [0, 0.1) is 18.3 Å². The number of hydrogen-bond acceptors (Lipinski definition) is 5. The zero-order chi connectivity index (χ0) is 15.6. The third kappa shape index (κ3) is 3.60. The van der Waals surface area contributed by atoms with Crippen LogP contribution in [0.2, 0.25) is 5.02 Å². The zero-order valence-corrected chi connectivity index (χ0v) is 13.7. The van der Waals surface area contributed by atoms with Crippen molar-refractivity contribution in [3.63, 3.8) is 0 Å². The number of nitrogens with zero attached hydrogens (tertiary/aromatic N) is 2. The van der Waals surface area contributed by atoms with Gasteiger partial charge in [0.1, 0.15) is 9.90 Å². The van der Waals surface area contributed by atoms with Gasteiger partial charge in [0, 0.05) is 11.1 Å². The maximum absolute atomic E-state index is 12.4. The largest absolute Gasteiger partial charge is 0.248 e. The molecule has 21 heavy (non-hydrogen) atoms. The highest BCUT2D eigenvalue weighted by atomic mass is 35.5. The van der Waals surface area contributed by atoms with Gasteiger partial charge in [-0.05, 0) is 32.0 Å². The molecule has 0 radical (unpaired) electrons. The van der Waals surface area contributed by atoms with Gasteiger partial charge in [0.2, 0.25) is 10.0 Å². The van der Waals surface area contributed by atoms with Gasteiger partial charge in [-0.3, -0.25) is 0 Å². The molecule has 0 saturated carbocycles. The summed E-state index contributed by atoms with van der Waals surface area (Å²) >= 11 is 7.35. The van der Waals surface area contributed by atoms with Crippen molar-refractivity contribution in [2.24, 2.45) is 0 Å². The molecule has 0 bridgehead atoms. The highest BCUT2D eigenvalue weighted by Crippen LogP contribution is 2.25. The number of thiazole rings is 1. The summed E-state index contributed by atoms with van der Waals surface area (Å²) in [5.74, 6) is 0. The average Bonchev–Trinajstić information content (AvgIpc) is 2.85. The van der Waals surface area contributed by atoms with Crippen molar-refractivity contribution in [1.29, 1.82) is 5.26 Å². The van der Waals surface area contributed by atoms with Crippen LogP contribution < -0.4 is 4.72 Å². The van der Waals surface area contributed by atoms with Gasteiger partial charge in [-0.15, -0.1) is 11.3 Å². The van der Waals surface area contributed by atoms with Crippen molar-refractivity contribution in [1.82, 2.24) is 9.71 Å². The molecule has 0 fully saturated rings. The van der Waals surface area contributed by atoms with E-state index in [-0.39, 0.29) is 15.5 Å². The fourth-order valence-corrected chi connectivity index (χ4v) is 4.28. The van der Waals surface area contributed by atoms with E-state index in [4.69, 9.17) is 16.9 Å². The van der Waals surface area contributed by atoms with Crippen LogP contribution in [0.5, 0.6) is 0 Å². The first-order valence-electron chi connectivity index (χ1n) is 5.98. The molecule has 1 aromatic heterocycles. The van der Waals surface area contributed by atoms with E-state index in [2.05, 4.69) is 9.71 Å². The average molecular weight is 342 g/mol. The van der Waals surface area contributed by atoms with Gasteiger partial charge in [0.15, 0.2) is 0 Å². The lowest BCUT2D eigenvalue weighted by atomic mass is 10.2.